The molecule has 1 amide bonds. The Morgan fingerprint density at radius 2 is 2.09 bits per heavy atom. The van der Waals surface area contributed by atoms with Crippen LogP contribution in [-0.2, 0) is 11.2 Å². The van der Waals surface area contributed by atoms with Gasteiger partial charge in [0, 0.05) is 25.0 Å². The fourth-order valence-corrected chi connectivity index (χ4v) is 3.20. The van der Waals surface area contributed by atoms with Gasteiger partial charge in [-0.1, -0.05) is 37.3 Å². The third kappa shape index (κ3) is 5.33. The number of hydrogen-bond acceptors (Lipinski definition) is 3. The topological polar surface area (TPSA) is 52.6 Å². The van der Waals surface area contributed by atoms with Crippen molar-refractivity contribution < 1.29 is 9.90 Å². The summed E-state index contributed by atoms with van der Waals surface area (Å²) in [5.74, 6) is 0.425. The molecule has 4 heteroatoms. The van der Waals surface area contributed by atoms with Crippen molar-refractivity contribution in [2.45, 2.75) is 51.7 Å². The largest absolute Gasteiger partial charge is 0.383 e. The second-order valence-electron chi connectivity index (χ2n) is 7.43. The lowest BCUT2D eigenvalue weighted by molar-refractivity contribution is -0.129. The van der Waals surface area contributed by atoms with Gasteiger partial charge in [0.25, 0.3) is 0 Å². The fourth-order valence-electron chi connectivity index (χ4n) is 3.20. The molecule has 0 saturated carbocycles. The summed E-state index contributed by atoms with van der Waals surface area (Å²) in [4.78, 5) is 14.6. The number of piperidine rings is 1. The molecule has 128 valence electrons. The quantitative estimate of drug-likeness (QED) is 0.845. The Labute approximate surface area is 139 Å². The highest BCUT2D eigenvalue weighted by Crippen LogP contribution is 2.23. The van der Waals surface area contributed by atoms with E-state index in [1.807, 2.05) is 30.3 Å². The number of carbonyl (C=O) groups excluding carboxylic acids is 1. The highest BCUT2D eigenvalue weighted by atomic mass is 16.3. The van der Waals surface area contributed by atoms with Crippen LogP contribution < -0.4 is 5.32 Å². The first-order valence-corrected chi connectivity index (χ1v) is 8.63. The van der Waals surface area contributed by atoms with Crippen LogP contribution in [0.4, 0.5) is 0 Å². The number of nitrogens with zero attached hydrogens (tertiary/aromatic N) is 1. The highest BCUT2D eigenvalue weighted by molar-refractivity contribution is 5.80. The van der Waals surface area contributed by atoms with Crippen molar-refractivity contribution in [1.29, 1.82) is 0 Å². The van der Waals surface area contributed by atoms with Crippen LogP contribution in [0.5, 0.6) is 0 Å². The van der Waals surface area contributed by atoms with Gasteiger partial charge in [0.1, 0.15) is 6.10 Å². The summed E-state index contributed by atoms with van der Waals surface area (Å²) in [5.41, 5.74) is 0.885. The van der Waals surface area contributed by atoms with Gasteiger partial charge in [-0.3, -0.25) is 9.69 Å². The number of nitrogens with one attached hydrogen (secondary N) is 1. The van der Waals surface area contributed by atoms with Gasteiger partial charge in [0.15, 0.2) is 0 Å². The number of hydrogen-bond donors (Lipinski definition) is 2. The predicted molar refractivity (Wildman–Crippen MR) is 93.2 cm³/mol. The molecule has 2 rings (SSSR count). The van der Waals surface area contributed by atoms with Gasteiger partial charge < -0.3 is 10.4 Å². The third-order valence-corrected chi connectivity index (χ3v) is 4.78. The zero-order valence-corrected chi connectivity index (χ0v) is 14.6. The summed E-state index contributed by atoms with van der Waals surface area (Å²) in [7, 11) is 0. The van der Waals surface area contributed by atoms with Crippen molar-refractivity contribution >= 4 is 5.91 Å². The van der Waals surface area contributed by atoms with Gasteiger partial charge in [-0.25, -0.2) is 0 Å². The maximum absolute atomic E-state index is 12.2. The molecule has 0 bridgehead atoms. The number of carbonyl (C=O) groups is 1. The zero-order valence-electron chi connectivity index (χ0n) is 14.6. The van der Waals surface area contributed by atoms with E-state index in [1.54, 1.807) is 0 Å². The molecule has 0 aromatic heterocycles. The average molecular weight is 318 g/mol. The number of benzene rings is 1. The molecule has 1 aromatic rings. The molecule has 1 saturated heterocycles. The number of likely N-dealkylation sites (tertiary alicyclic amines) is 1. The fraction of sp³-hybridized carbons (Fsp3) is 0.632. The van der Waals surface area contributed by atoms with Crippen molar-refractivity contribution in [3.8, 4) is 0 Å². The van der Waals surface area contributed by atoms with Crippen molar-refractivity contribution in [1.82, 2.24) is 10.2 Å². The van der Waals surface area contributed by atoms with Crippen LogP contribution in [0.3, 0.4) is 0 Å². The van der Waals surface area contributed by atoms with E-state index in [0.717, 1.165) is 18.7 Å². The Hall–Kier alpha value is -1.39. The van der Waals surface area contributed by atoms with Crippen molar-refractivity contribution in [2.75, 3.05) is 19.6 Å². The Morgan fingerprint density at radius 3 is 2.74 bits per heavy atom. The summed E-state index contributed by atoms with van der Waals surface area (Å²) in [6, 6.07) is 9.62. The summed E-state index contributed by atoms with van der Waals surface area (Å²) >= 11 is 0. The predicted octanol–water partition coefficient (Wildman–Crippen LogP) is 2.22. The number of aliphatic hydroxyl groups is 1. The van der Waals surface area contributed by atoms with E-state index in [2.05, 4.69) is 31.0 Å². The average Bonchev–Trinajstić information content (AvgIpc) is 2.53. The lowest BCUT2D eigenvalue weighted by atomic mass is 9.93. The summed E-state index contributed by atoms with van der Waals surface area (Å²) in [6.45, 7) is 9.33. The molecule has 1 aliphatic heterocycles. The Morgan fingerprint density at radius 1 is 1.39 bits per heavy atom. The van der Waals surface area contributed by atoms with Crippen molar-refractivity contribution in [3.63, 3.8) is 0 Å². The molecule has 2 N–H and O–H groups in total. The molecule has 0 aliphatic carbocycles. The van der Waals surface area contributed by atoms with Gasteiger partial charge in [-0.2, -0.15) is 0 Å². The van der Waals surface area contributed by atoms with E-state index in [0.29, 0.717) is 18.9 Å². The van der Waals surface area contributed by atoms with Crippen LogP contribution in [0.25, 0.3) is 0 Å². The summed E-state index contributed by atoms with van der Waals surface area (Å²) in [6.07, 6.45) is 1.87. The molecule has 2 atom stereocenters. The first-order chi connectivity index (χ1) is 10.9. The van der Waals surface area contributed by atoms with Gasteiger partial charge in [0.05, 0.1) is 0 Å². The first-order valence-electron chi connectivity index (χ1n) is 8.63. The normalized spacial score (nSPS) is 21.0. The van der Waals surface area contributed by atoms with Crippen LogP contribution >= 0.6 is 0 Å². The van der Waals surface area contributed by atoms with E-state index in [-0.39, 0.29) is 11.4 Å². The van der Waals surface area contributed by atoms with Crippen LogP contribution in [0.1, 0.15) is 39.2 Å². The standard InChI is InChI=1S/C19H30N2O2/c1-15-8-7-11-21(13-15)19(2,3)14-20-18(23)17(22)12-16-9-5-4-6-10-16/h4-6,9-10,15,17,22H,7-8,11-14H2,1-3H3,(H,20,23)/t15?,17-/m0/s1. The van der Waals surface area contributed by atoms with Crippen LogP contribution in [0, 0.1) is 5.92 Å². The van der Waals surface area contributed by atoms with E-state index in [9.17, 15) is 9.90 Å². The number of rotatable bonds is 6. The number of aliphatic hydroxyl groups excluding tert-OH is 1. The molecule has 0 spiro atoms. The molecular weight excluding hydrogens is 288 g/mol. The van der Waals surface area contributed by atoms with Gasteiger partial charge in [-0.05, 0) is 44.7 Å². The molecule has 1 aliphatic rings. The second kappa shape index (κ2) is 7.93. The Bertz CT molecular complexity index is 501. The maximum Gasteiger partial charge on any atom is 0.249 e. The molecule has 1 heterocycles. The second-order valence-corrected chi connectivity index (χ2v) is 7.43. The Balaban J connectivity index is 1.82. The van der Waals surface area contributed by atoms with E-state index >= 15 is 0 Å². The highest BCUT2D eigenvalue weighted by Gasteiger charge is 2.31. The van der Waals surface area contributed by atoms with Crippen LogP contribution in [-0.4, -0.2) is 47.2 Å². The lowest BCUT2D eigenvalue weighted by Crippen LogP contribution is -2.55. The van der Waals surface area contributed by atoms with E-state index < -0.39 is 6.10 Å². The molecule has 1 unspecified atom stereocenters. The van der Waals surface area contributed by atoms with Crippen molar-refractivity contribution in [3.05, 3.63) is 35.9 Å². The van der Waals surface area contributed by atoms with E-state index in [4.69, 9.17) is 0 Å². The van der Waals surface area contributed by atoms with Crippen LogP contribution in [0.15, 0.2) is 30.3 Å². The van der Waals surface area contributed by atoms with Crippen LogP contribution in [0.2, 0.25) is 0 Å². The minimum atomic E-state index is -0.992. The van der Waals surface area contributed by atoms with Gasteiger partial charge in [0.2, 0.25) is 5.91 Å². The minimum absolute atomic E-state index is 0.0865. The summed E-state index contributed by atoms with van der Waals surface area (Å²) < 4.78 is 0. The van der Waals surface area contributed by atoms with E-state index in [1.165, 1.54) is 12.8 Å². The van der Waals surface area contributed by atoms with Gasteiger partial charge >= 0.3 is 0 Å². The maximum atomic E-state index is 12.2. The first kappa shape index (κ1) is 18.0. The minimum Gasteiger partial charge on any atom is -0.383 e. The lowest BCUT2D eigenvalue weighted by Gasteiger charge is -2.43. The summed E-state index contributed by atoms with van der Waals surface area (Å²) in [5, 5.41) is 13.0. The molecule has 0 radical (unpaired) electrons. The Kier molecular flexibility index (Phi) is 6.19. The zero-order chi connectivity index (χ0) is 16.9. The number of amides is 1. The third-order valence-electron chi connectivity index (χ3n) is 4.78. The smallest absolute Gasteiger partial charge is 0.249 e. The molecular formula is C19H30N2O2. The molecule has 23 heavy (non-hydrogen) atoms. The molecule has 1 fully saturated rings. The molecule has 1 aromatic carbocycles. The molecule has 4 nitrogen and oxygen atoms in total. The van der Waals surface area contributed by atoms with Crippen molar-refractivity contribution in [2.24, 2.45) is 5.92 Å². The monoisotopic (exact) mass is 318 g/mol. The SMILES string of the molecule is CC1CCCN(C(C)(C)CNC(=O)[C@@H](O)Cc2ccccc2)C1. The van der Waals surface area contributed by atoms with Gasteiger partial charge in [-0.15, -0.1) is 0 Å².